The number of ether oxygens (including phenoxy) is 1. The number of hydrogen-bond donors (Lipinski definition) is 1. The summed E-state index contributed by atoms with van der Waals surface area (Å²) in [6, 6.07) is 8.54. The highest BCUT2D eigenvalue weighted by Crippen LogP contribution is 2.20. The van der Waals surface area contributed by atoms with E-state index in [1.807, 2.05) is 23.9 Å². The van der Waals surface area contributed by atoms with Crippen LogP contribution in [0.15, 0.2) is 24.3 Å². The van der Waals surface area contributed by atoms with Gasteiger partial charge in [-0.15, -0.1) is 0 Å². The van der Waals surface area contributed by atoms with Crippen LogP contribution in [0, 0.1) is 13.8 Å². The molecular weight excluding hydrogens is 262 g/mol. The van der Waals surface area contributed by atoms with Gasteiger partial charge in [0.05, 0.1) is 12.8 Å². The first-order valence-corrected chi connectivity index (χ1v) is 7.39. The molecular formula is C17H25N3O. The molecule has 1 N–H and O–H groups in total. The Morgan fingerprint density at radius 2 is 2.10 bits per heavy atom. The van der Waals surface area contributed by atoms with Crippen molar-refractivity contribution in [3.8, 4) is 5.75 Å². The lowest BCUT2D eigenvalue weighted by atomic mass is 10.1. The lowest BCUT2D eigenvalue weighted by Gasteiger charge is -2.15. The molecule has 2 rings (SSSR count). The van der Waals surface area contributed by atoms with Gasteiger partial charge < -0.3 is 10.1 Å². The molecule has 4 nitrogen and oxygen atoms in total. The van der Waals surface area contributed by atoms with Crippen LogP contribution >= 0.6 is 0 Å². The third kappa shape index (κ3) is 3.64. The van der Waals surface area contributed by atoms with Gasteiger partial charge in [0, 0.05) is 24.3 Å². The fourth-order valence-corrected chi connectivity index (χ4v) is 2.78. The molecule has 0 saturated heterocycles. The van der Waals surface area contributed by atoms with E-state index in [4.69, 9.17) is 4.74 Å². The summed E-state index contributed by atoms with van der Waals surface area (Å²) in [6.07, 6.45) is 0.986. The average Bonchev–Trinajstić information content (AvgIpc) is 2.72. The van der Waals surface area contributed by atoms with Crippen molar-refractivity contribution in [2.24, 2.45) is 7.05 Å². The van der Waals surface area contributed by atoms with Gasteiger partial charge in [-0.1, -0.05) is 12.1 Å². The van der Waals surface area contributed by atoms with E-state index in [2.05, 4.69) is 43.3 Å². The van der Waals surface area contributed by atoms with Gasteiger partial charge in [0.15, 0.2) is 0 Å². The third-order valence-corrected chi connectivity index (χ3v) is 4.00. The predicted molar refractivity (Wildman–Crippen MR) is 85.8 cm³/mol. The van der Waals surface area contributed by atoms with Crippen LogP contribution in [0.3, 0.4) is 0 Å². The van der Waals surface area contributed by atoms with Crippen LogP contribution in [0.2, 0.25) is 0 Å². The SMILES string of the molecule is COc1cccc(CCNC(C)c2c(C)nn(C)c2C)c1. The largest absolute Gasteiger partial charge is 0.497 e. The molecule has 1 aromatic heterocycles. The summed E-state index contributed by atoms with van der Waals surface area (Å²) in [5.74, 6) is 0.916. The van der Waals surface area contributed by atoms with Crippen molar-refractivity contribution in [3.05, 3.63) is 46.8 Å². The normalized spacial score (nSPS) is 12.4. The summed E-state index contributed by atoms with van der Waals surface area (Å²) in [5.41, 5.74) is 4.93. The molecule has 0 radical (unpaired) electrons. The van der Waals surface area contributed by atoms with Crippen molar-refractivity contribution in [1.29, 1.82) is 0 Å². The molecule has 1 atom stereocenters. The quantitative estimate of drug-likeness (QED) is 0.888. The number of methoxy groups -OCH3 is 1. The Morgan fingerprint density at radius 3 is 2.71 bits per heavy atom. The summed E-state index contributed by atoms with van der Waals surface area (Å²) in [4.78, 5) is 0. The van der Waals surface area contributed by atoms with E-state index >= 15 is 0 Å². The summed E-state index contributed by atoms with van der Waals surface area (Å²) in [7, 11) is 3.70. The maximum atomic E-state index is 5.25. The molecule has 0 fully saturated rings. The Morgan fingerprint density at radius 1 is 1.33 bits per heavy atom. The number of rotatable bonds is 6. The van der Waals surface area contributed by atoms with Gasteiger partial charge in [-0.05, 0) is 51.4 Å². The van der Waals surface area contributed by atoms with Crippen LogP contribution in [0.5, 0.6) is 5.75 Å². The average molecular weight is 287 g/mol. The van der Waals surface area contributed by atoms with Crippen molar-refractivity contribution in [1.82, 2.24) is 15.1 Å². The first kappa shape index (κ1) is 15.6. The highest BCUT2D eigenvalue weighted by Gasteiger charge is 2.15. The molecule has 0 amide bonds. The Balaban J connectivity index is 1.93. The van der Waals surface area contributed by atoms with Gasteiger partial charge in [-0.2, -0.15) is 5.10 Å². The van der Waals surface area contributed by atoms with Crippen molar-refractivity contribution >= 4 is 0 Å². The van der Waals surface area contributed by atoms with Crippen LogP contribution in [0.25, 0.3) is 0 Å². The number of hydrogen-bond acceptors (Lipinski definition) is 3. The van der Waals surface area contributed by atoms with Crippen LogP contribution < -0.4 is 10.1 Å². The zero-order valence-corrected chi connectivity index (χ0v) is 13.6. The minimum absolute atomic E-state index is 0.310. The minimum Gasteiger partial charge on any atom is -0.497 e. The summed E-state index contributed by atoms with van der Waals surface area (Å²) in [6.45, 7) is 7.32. The molecule has 21 heavy (non-hydrogen) atoms. The molecule has 0 aliphatic carbocycles. The van der Waals surface area contributed by atoms with Gasteiger partial charge >= 0.3 is 0 Å². The second-order valence-corrected chi connectivity index (χ2v) is 5.49. The van der Waals surface area contributed by atoms with Crippen LogP contribution in [-0.4, -0.2) is 23.4 Å². The highest BCUT2D eigenvalue weighted by molar-refractivity contribution is 5.29. The molecule has 0 bridgehead atoms. The second-order valence-electron chi connectivity index (χ2n) is 5.49. The van der Waals surface area contributed by atoms with E-state index < -0.39 is 0 Å². The van der Waals surface area contributed by atoms with E-state index in [0.29, 0.717) is 6.04 Å². The smallest absolute Gasteiger partial charge is 0.119 e. The second kappa shape index (κ2) is 6.76. The molecule has 114 valence electrons. The Hall–Kier alpha value is -1.81. The van der Waals surface area contributed by atoms with Gasteiger partial charge in [0.25, 0.3) is 0 Å². The van der Waals surface area contributed by atoms with Crippen LogP contribution in [-0.2, 0) is 13.5 Å². The predicted octanol–water partition coefficient (Wildman–Crippen LogP) is 2.94. The fourth-order valence-electron chi connectivity index (χ4n) is 2.78. The zero-order valence-electron chi connectivity index (χ0n) is 13.6. The summed E-state index contributed by atoms with van der Waals surface area (Å²) in [5, 5.41) is 8.07. The van der Waals surface area contributed by atoms with Crippen LogP contribution in [0.4, 0.5) is 0 Å². The lowest BCUT2D eigenvalue weighted by molar-refractivity contribution is 0.414. The zero-order chi connectivity index (χ0) is 15.4. The molecule has 0 spiro atoms. The molecule has 0 aliphatic rings. The van der Waals surface area contributed by atoms with E-state index in [1.54, 1.807) is 7.11 Å². The lowest BCUT2D eigenvalue weighted by Crippen LogP contribution is -2.22. The number of nitrogens with one attached hydrogen (secondary N) is 1. The molecule has 1 heterocycles. The maximum absolute atomic E-state index is 5.25. The van der Waals surface area contributed by atoms with Crippen molar-refractivity contribution in [2.45, 2.75) is 33.2 Å². The van der Waals surface area contributed by atoms with E-state index in [9.17, 15) is 0 Å². The van der Waals surface area contributed by atoms with Gasteiger partial charge in [0.1, 0.15) is 5.75 Å². The molecule has 0 saturated carbocycles. The van der Waals surface area contributed by atoms with Gasteiger partial charge in [-0.3, -0.25) is 4.68 Å². The monoisotopic (exact) mass is 287 g/mol. The Labute approximate surface area is 127 Å². The minimum atomic E-state index is 0.310. The van der Waals surface area contributed by atoms with Crippen LogP contribution in [0.1, 0.15) is 35.5 Å². The molecule has 4 heteroatoms. The fraction of sp³-hybridized carbons (Fsp3) is 0.471. The van der Waals surface area contributed by atoms with E-state index in [-0.39, 0.29) is 0 Å². The number of benzene rings is 1. The van der Waals surface area contributed by atoms with Crippen molar-refractivity contribution in [3.63, 3.8) is 0 Å². The molecule has 1 aromatic carbocycles. The molecule has 0 aliphatic heterocycles. The van der Waals surface area contributed by atoms with E-state index in [1.165, 1.54) is 16.8 Å². The summed E-state index contributed by atoms with van der Waals surface area (Å²) >= 11 is 0. The van der Waals surface area contributed by atoms with Gasteiger partial charge in [-0.25, -0.2) is 0 Å². The van der Waals surface area contributed by atoms with E-state index in [0.717, 1.165) is 24.4 Å². The Kier molecular flexibility index (Phi) is 5.02. The van der Waals surface area contributed by atoms with Crippen molar-refractivity contribution < 1.29 is 4.74 Å². The molecule has 2 aromatic rings. The molecule has 1 unspecified atom stereocenters. The standard InChI is InChI=1S/C17H25N3O/c1-12(17-13(2)19-20(4)14(17)3)18-10-9-15-7-6-8-16(11-15)21-5/h6-8,11-12,18H,9-10H2,1-5H3. The first-order valence-electron chi connectivity index (χ1n) is 7.39. The topological polar surface area (TPSA) is 39.1 Å². The Bertz CT molecular complexity index is 604. The third-order valence-electron chi connectivity index (χ3n) is 4.00. The van der Waals surface area contributed by atoms with Crippen molar-refractivity contribution in [2.75, 3.05) is 13.7 Å². The highest BCUT2D eigenvalue weighted by atomic mass is 16.5. The number of aromatic nitrogens is 2. The first-order chi connectivity index (χ1) is 10.0. The van der Waals surface area contributed by atoms with Gasteiger partial charge in [0.2, 0.25) is 0 Å². The number of nitrogens with zero attached hydrogens (tertiary/aromatic N) is 2. The summed E-state index contributed by atoms with van der Waals surface area (Å²) < 4.78 is 7.20. The maximum Gasteiger partial charge on any atom is 0.119 e. The number of aryl methyl sites for hydroxylation is 2.